The molecule has 0 aliphatic carbocycles. The first kappa shape index (κ1) is 14.7. The van der Waals surface area contributed by atoms with Gasteiger partial charge in [-0.25, -0.2) is 0 Å². The molecular weight excluding hydrogens is 226 g/mol. The summed E-state index contributed by atoms with van der Waals surface area (Å²) in [6.45, 7) is 10.0. The van der Waals surface area contributed by atoms with Crippen LogP contribution in [0.1, 0.15) is 36.7 Å². The number of hydrogen-bond acceptors (Lipinski definition) is 2. The summed E-state index contributed by atoms with van der Waals surface area (Å²) in [6.07, 6.45) is 0.142. The summed E-state index contributed by atoms with van der Waals surface area (Å²) < 4.78 is 5.42. The molecule has 0 radical (unpaired) electrons. The number of aryl methyl sites for hydroxylation is 1. The Morgan fingerprint density at radius 3 is 2.44 bits per heavy atom. The van der Waals surface area contributed by atoms with Crippen LogP contribution in [0.25, 0.3) is 0 Å². The SMILES string of the molecule is CC.Cc1ccc(C(=O)N2CCOC(C)C2)cc1. The number of hydrogen-bond donors (Lipinski definition) is 0. The standard InChI is InChI=1S/C13H17NO2.C2H6/c1-10-3-5-12(6-4-10)13(15)14-7-8-16-11(2)9-14;1-2/h3-6,11H,7-9H2,1-2H3;1-2H3. The van der Waals surface area contributed by atoms with Gasteiger partial charge in [-0.1, -0.05) is 31.5 Å². The van der Waals surface area contributed by atoms with Gasteiger partial charge in [0.15, 0.2) is 0 Å². The minimum Gasteiger partial charge on any atom is -0.375 e. The number of morpholine rings is 1. The van der Waals surface area contributed by atoms with Crippen LogP contribution < -0.4 is 0 Å². The molecule has 0 aromatic heterocycles. The van der Waals surface area contributed by atoms with Crippen molar-refractivity contribution in [1.82, 2.24) is 4.90 Å². The molecule has 1 aliphatic rings. The van der Waals surface area contributed by atoms with E-state index < -0.39 is 0 Å². The molecule has 1 amide bonds. The summed E-state index contributed by atoms with van der Waals surface area (Å²) in [5.74, 6) is 0.107. The number of amides is 1. The Bertz CT molecular complexity index is 373. The molecule has 1 unspecified atom stereocenters. The van der Waals surface area contributed by atoms with Crippen molar-refractivity contribution in [2.45, 2.75) is 33.8 Å². The molecule has 2 rings (SSSR count). The number of carbonyl (C=O) groups is 1. The zero-order valence-corrected chi connectivity index (χ0v) is 11.8. The number of nitrogens with zero attached hydrogens (tertiary/aromatic N) is 1. The summed E-state index contributed by atoms with van der Waals surface area (Å²) in [4.78, 5) is 14.0. The van der Waals surface area contributed by atoms with Crippen LogP contribution in [0.4, 0.5) is 0 Å². The molecule has 18 heavy (non-hydrogen) atoms. The summed E-state index contributed by atoms with van der Waals surface area (Å²) in [5.41, 5.74) is 1.94. The lowest BCUT2D eigenvalue weighted by atomic mass is 10.1. The molecule has 1 atom stereocenters. The van der Waals surface area contributed by atoms with Crippen LogP contribution in [-0.4, -0.2) is 36.6 Å². The first-order chi connectivity index (χ1) is 8.66. The Morgan fingerprint density at radius 2 is 1.89 bits per heavy atom. The van der Waals surface area contributed by atoms with Crippen LogP contribution in [0, 0.1) is 6.92 Å². The van der Waals surface area contributed by atoms with Gasteiger partial charge >= 0.3 is 0 Å². The third-order valence-electron chi connectivity index (χ3n) is 2.83. The van der Waals surface area contributed by atoms with Crippen molar-refractivity contribution in [3.8, 4) is 0 Å². The molecule has 1 aromatic carbocycles. The van der Waals surface area contributed by atoms with Gasteiger partial charge in [0.1, 0.15) is 0 Å². The lowest BCUT2D eigenvalue weighted by Gasteiger charge is -2.31. The first-order valence-corrected chi connectivity index (χ1v) is 6.64. The highest BCUT2D eigenvalue weighted by atomic mass is 16.5. The Hall–Kier alpha value is -1.35. The largest absolute Gasteiger partial charge is 0.375 e. The highest BCUT2D eigenvalue weighted by molar-refractivity contribution is 5.94. The molecule has 1 aromatic rings. The second-order valence-corrected chi connectivity index (χ2v) is 4.30. The molecule has 1 aliphatic heterocycles. The van der Waals surface area contributed by atoms with Gasteiger partial charge in [0.2, 0.25) is 0 Å². The zero-order chi connectivity index (χ0) is 13.5. The number of benzene rings is 1. The molecule has 3 nitrogen and oxygen atoms in total. The normalized spacial score (nSPS) is 18.9. The first-order valence-electron chi connectivity index (χ1n) is 6.64. The summed E-state index contributed by atoms with van der Waals surface area (Å²) >= 11 is 0. The van der Waals surface area contributed by atoms with E-state index in [0.29, 0.717) is 19.7 Å². The summed E-state index contributed by atoms with van der Waals surface area (Å²) in [6, 6.07) is 7.71. The lowest BCUT2D eigenvalue weighted by molar-refractivity contribution is -0.0124. The fourth-order valence-electron chi connectivity index (χ4n) is 1.88. The Labute approximate surface area is 110 Å². The average Bonchev–Trinajstić information content (AvgIpc) is 2.41. The second kappa shape index (κ2) is 7.17. The lowest BCUT2D eigenvalue weighted by Crippen LogP contribution is -2.44. The van der Waals surface area contributed by atoms with Crippen molar-refractivity contribution in [2.24, 2.45) is 0 Å². The molecule has 3 heteroatoms. The summed E-state index contributed by atoms with van der Waals surface area (Å²) in [7, 11) is 0. The van der Waals surface area contributed by atoms with Crippen LogP contribution in [0.2, 0.25) is 0 Å². The number of carbonyl (C=O) groups excluding carboxylic acids is 1. The van der Waals surface area contributed by atoms with E-state index in [1.165, 1.54) is 5.56 Å². The fourth-order valence-corrected chi connectivity index (χ4v) is 1.88. The minimum atomic E-state index is 0.107. The van der Waals surface area contributed by atoms with Crippen molar-refractivity contribution >= 4 is 5.91 Å². The van der Waals surface area contributed by atoms with E-state index in [0.717, 1.165) is 5.56 Å². The van der Waals surface area contributed by atoms with E-state index in [-0.39, 0.29) is 12.0 Å². The maximum Gasteiger partial charge on any atom is 0.254 e. The topological polar surface area (TPSA) is 29.5 Å². The molecule has 100 valence electrons. The predicted molar refractivity (Wildman–Crippen MR) is 73.8 cm³/mol. The number of ether oxygens (including phenoxy) is 1. The predicted octanol–water partition coefficient (Wildman–Crippen LogP) is 2.88. The van der Waals surface area contributed by atoms with E-state index in [2.05, 4.69) is 0 Å². The van der Waals surface area contributed by atoms with Crippen LogP contribution in [0.15, 0.2) is 24.3 Å². The monoisotopic (exact) mass is 249 g/mol. The van der Waals surface area contributed by atoms with Crippen molar-refractivity contribution < 1.29 is 9.53 Å². The van der Waals surface area contributed by atoms with E-state index in [4.69, 9.17) is 4.74 Å². The molecule has 1 fully saturated rings. The zero-order valence-electron chi connectivity index (χ0n) is 11.8. The van der Waals surface area contributed by atoms with Gasteiger partial charge in [0, 0.05) is 18.7 Å². The van der Waals surface area contributed by atoms with Gasteiger partial charge in [-0.3, -0.25) is 4.79 Å². The molecule has 0 bridgehead atoms. The van der Waals surface area contributed by atoms with Gasteiger partial charge in [-0.05, 0) is 26.0 Å². The molecule has 1 heterocycles. The highest BCUT2D eigenvalue weighted by Crippen LogP contribution is 2.11. The fraction of sp³-hybridized carbons (Fsp3) is 0.533. The quantitative estimate of drug-likeness (QED) is 0.766. The third kappa shape index (κ3) is 3.84. The van der Waals surface area contributed by atoms with Crippen LogP contribution in [0.5, 0.6) is 0 Å². The minimum absolute atomic E-state index is 0.107. The average molecular weight is 249 g/mol. The maximum atomic E-state index is 12.1. The van der Waals surface area contributed by atoms with Gasteiger partial charge in [0.25, 0.3) is 5.91 Å². The van der Waals surface area contributed by atoms with Gasteiger partial charge in [-0.15, -0.1) is 0 Å². The van der Waals surface area contributed by atoms with E-state index in [1.807, 2.05) is 56.9 Å². The van der Waals surface area contributed by atoms with Crippen molar-refractivity contribution in [1.29, 1.82) is 0 Å². The van der Waals surface area contributed by atoms with Gasteiger partial charge in [0.05, 0.1) is 12.7 Å². The molecule has 0 N–H and O–H groups in total. The molecule has 1 saturated heterocycles. The van der Waals surface area contributed by atoms with Crippen LogP contribution >= 0.6 is 0 Å². The van der Waals surface area contributed by atoms with Gasteiger partial charge < -0.3 is 9.64 Å². The maximum absolute atomic E-state index is 12.1. The van der Waals surface area contributed by atoms with Gasteiger partial charge in [-0.2, -0.15) is 0 Å². The van der Waals surface area contributed by atoms with E-state index in [1.54, 1.807) is 0 Å². The summed E-state index contributed by atoms with van der Waals surface area (Å²) in [5, 5.41) is 0. The van der Waals surface area contributed by atoms with Crippen molar-refractivity contribution in [3.63, 3.8) is 0 Å². The second-order valence-electron chi connectivity index (χ2n) is 4.30. The van der Waals surface area contributed by atoms with Crippen molar-refractivity contribution in [2.75, 3.05) is 19.7 Å². The van der Waals surface area contributed by atoms with Crippen molar-refractivity contribution in [3.05, 3.63) is 35.4 Å². The molecule has 0 saturated carbocycles. The smallest absolute Gasteiger partial charge is 0.254 e. The highest BCUT2D eigenvalue weighted by Gasteiger charge is 2.22. The van der Waals surface area contributed by atoms with Crippen LogP contribution in [-0.2, 0) is 4.74 Å². The van der Waals surface area contributed by atoms with E-state index in [9.17, 15) is 4.79 Å². The Morgan fingerprint density at radius 1 is 1.28 bits per heavy atom. The Kier molecular flexibility index (Phi) is 5.86. The molecule has 0 spiro atoms. The Balaban J connectivity index is 0.000000771. The van der Waals surface area contributed by atoms with Crippen LogP contribution in [0.3, 0.4) is 0 Å². The van der Waals surface area contributed by atoms with E-state index >= 15 is 0 Å². The number of rotatable bonds is 1. The third-order valence-corrected chi connectivity index (χ3v) is 2.83. The molecular formula is C15H23NO2.